The molecule has 0 radical (unpaired) electrons. The summed E-state index contributed by atoms with van der Waals surface area (Å²) in [7, 11) is 1.60. The van der Waals surface area contributed by atoms with Crippen LogP contribution >= 0.6 is 0 Å². The van der Waals surface area contributed by atoms with Gasteiger partial charge in [0.25, 0.3) is 0 Å². The van der Waals surface area contributed by atoms with Crippen molar-refractivity contribution in [2.24, 2.45) is 0 Å². The maximum absolute atomic E-state index is 10.1. The van der Waals surface area contributed by atoms with E-state index in [1.165, 1.54) is 0 Å². The van der Waals surface area contributed by atoms with Crippen molar-refractivity contribution in [3.8, 4) is 11.5 Å². The van der Waals surface area contributed by atoms with Gasteiger partial charge in [0.15, 0.2) is 0 Å². The van der Waals surface area contributed by atoms with Gasteiger partial charge in [-0.1, -0.05) is 24.3 Å². The Hall–Kier alpha value is -2.20. The molecule has 3 N–H and O–H groups in total. The highest BCUT2D eigenvalue weighted by Gasteiger charge is 2.11. The lowest BCUT2D eigenvalue weighted by molar-refractivity contribution is 0.108. The van der Waals surface area contributed by atoms with E-state index in [1.807, 2.05) is 30.3 Å². The van der Waals surface area contributed by atoms with Crippen LogP contribution in [0.15, 0.2) is 48.5 Å². The number of hydrogen-bond donors (Lipinski definition) is 2. The molecule has 0 bridgehead atoms. The van der Waals surface area contributed by atoms with E-state index in [4.69, 9.17) is 15.2 Å². The largest absolute Gasteiger partial charge is 0.497 e. The van der Waals surface area contributed by atoms with Crippen LogP contribution in [0.3, 0.4) is 0 Å². The molecule has 2 aromatic carbocycles. The monoisotopic (exact) mass is 259 g/mol. The molecule has 0 saturated carbocycles. The Morgan fingerprint density at radius 3 is 2.58 bits per heavy atom. The Balaban J connectivity index is 2.00. The standard InChI is InChI=1S/C15H17NO3/c1-18-11-5-4-6-12(9-11)19-10-15(17)13-7-2-3-8-14(13)16/h2-9,15,17H,10,16H2,1H3. The van der Waals surface area contributed by atoms with Crippen LogP contribution in [0.2, 0.25) is 0 Å². The fourth-order valence-corrected chi connectivity index (χ4v) is 1.77. The summed E-state index contributed by atoms with van der Waals surface area (Å²) in [6, 6.07) is 14.4. The van der Waals surface area contributed by atoms with Crippen LogP contribution in [-0.4, -0.2) is 18.8 Å². The van der Waals surface area contributed by atoms with E-state index < -0.39 is 6.10 Å². The third-order valence-corrected chi connectivity index (χ3v) is 2.80. The molecule has 0 saturated heterocycles. The van der Waals surface area contributed by atoms with E-state index >= 15 is 0 Å². The Morgan fingerprint density at radius 1 is 1.11 bits per heavy atom. The van der Waals surface area contributed by atoms with Crippen LogP contribution in [0, 0.1) is 0 Å². The Kier molecular flexibility index (Phi) is 4.26. The van der Waals surface area contributed by atoms with Crippen LogP contribution in [0.4, 0.5) is 5.69 Å². The number of aliphatic hydroxyl groups excluding tert-OH is 1. The molecule has 1 atom stereocenters. The van der Waals surface area contributed by atoms with Gasteiger partial charge >= 0.3 is 0 Å². The second kappa shape index (κ2) is 6.11. The molecule has 0 amide bonds. The second-order valence-electron chi connectivity index (χ2n) is 4.13. The van der Waals surface area contributed by atoms with Gasteiger partial charge in [-0.05, 0) is 18.2 Å². The quantitative estimate of drug-likeness (QED) is 0.809. The fraction of sp³-hybridized carbons (Fsp3) is 0.200. The molecule has 0 aromatic heterocycles. The number of nitrogen functional groups attached to an aromatic ring is 1. The molecule has 2 aromatic rings. The van der Waals surface area contributed by atoms with E-state index in [1.54, 1.807) is 25.3 Å². The lowest BCUT2D eigenvalue weighted by Gasteiger charge is -2.14. The molecule has 0 spiro atoms. The lowest BCUT2D eigenvalue weighted by atomic mass is 10.1. The third-order valence-electron chi connectivity index (χ3n) is 2.80. The molecule has 0 aliphatic heterocycles. The van der Waals surface area contributed by atoms with Gasteiger partial charge < -0.3 is 20.3 Å². The van der Waals surface area contributed by atoms with Crippen LogP contribution in [0.25, 0.3) is 0 Å². The van der Waals surface area contributed by atoms with Crippen molar-refractivity contribution in [3.63, 3.8) is 0 Å². The summed E-state index contributed by atoms with van der Waals surface area (Å²) in [5.41, 5.74) is 7.03. The van der Waals surface area contributed by atoms with Crippen molar-refractivity contribution in [2.45, 2.75) is 6.10 Å². The van der Waals surface area contributed by atoms with Crippen LogP contribution in [0.5, 0.6) is 11.5 Å². The number of aliphatic hydroxyl groups is 1. The maximum Gasteiger partial charge on any atom is 0.123 e. The molecule has 19 heavy (non-hydrogen) atoms. The van der Waals surface area contributed by atoms with Crippen molar-refractivity contribution in [3.05, 3.63) is 54.1 Å². The molecule has 100 valence electrons. The number of anilines is 1. The van der Waals surface area contributed by atoms with Gasteiger partial charge in [-0.15, -0.1) is 0 Å². The molecule has 0 fully saturated rings. The van der Waals surface area contributed by atoms with E-state index in [2.05, 4.69) is 0 Å². The topological polar surface area (TPSA) is 64.7 Å². The Bertz CT molecular complexity index is 542. The minimum atomic E-state index is -0.757. The van der Waals surface area contributed by atoms with Gasteiger partial charge in [0.2, 0.25) is 0 Å². The van der Waals surface area contributed by atoms with Gasteiger partial charge in [-0.3, -0.25) is 0 Å². The Morgan fingerprint density at radius 2 is 1.84 bits per heavy atom. The van der Waals surface area contributed by atoms with E-state index in [9.17, 15) is 5.11 Å². The predicted octanol–water partition coefficient (Wildman–Crippen LogP) is 2.39. The van der Waals surface area contributed by atoms with Crippen molar-refractivity contribution in [1.29, 1.82) is 0 Å². The van der Waals surface area contributed by atoms with Crippen molar-refractivity contribution >= 4 is 5.69 Å². The minimum absolute atomic E-state index is 0.140. The van der Waals surface area contributed by atoms with Crippen molar-refractivity contribution < 1.29 is 14.6 Å². The highest BCUT2D eigenvalue weighted by atomic mass is 16.5. The molecule has 4 heteroatoms. The average molecular weight is 259 g/mol. The fourth-order valence-electron chi connectivity index (χ4n) is 1.77. The molecular weight excluding hydrogens is 242 g/mol. The molecule has 0 aliphatic carbocycles. The first kappa shape index (κ1) is 13.2. The third kappa shape index (κ3) is 3.39. The summed E-state index contributed by atoms with van der Waals surface area (Å²) in [4.78, 5) is 0. The molecule has 0 aliphatic rings. The van der Waals surface area contributed by atoms with Crippen LogP contribution < -0.4 is 15.2 Å². The van der Waals surface area contributed by atoms with Crippen LogP contribution in [0.1, 0.15) is 11.7 Å². The van der Waals surface area contributed by atoms with Gasteiger partial charge in [-0.25, -0.2) is 0 Å². The molecule has 4 nitrogen and oxygen atoms in total. The number of methoxy groups -OCH3 is 1. The zero-order chi connectivity index (χ0) is 13.7. The highest BCUT2D eigenvalue weighted by molar-refractivity contribution is 5.47. The summed E-state index contributed by atoms with van der Waals surface area (Å²) >= 11 is 0. The summed E-state index contributed by atoms with van der Waals surface area (Å²) < 4.78 is 10.6. The number of ether oxygens (including phenoxy) is 2. The lowest BCUT2D eigenvalue weighted by Crippen LogP contribution is -2.11. The summed E-state index contributed by atoms with van der Waals surface area (Å²) in [5, 5.41) is 10.1. The number of nitrogens with two attached hydrogens (primary N) is 1. The van der Waals surface area contributed by atoms with Crippen LogP contribution in [-0.2, 0) is 0 Å². The first-order valence-electron chi connectivity index (χ1n) is 6.00. The highest BCUT2D eigenvalue weighted by Crippen LogP contribution is 2.23. The summed E-state index contributed by atoms with van der Waals surface area (Å²) in [6.07, 6.45) is -0.757. The summed E-state index contributed by atoms with van der Waals surface area (Å²) in [5.74, 6) is 1.36. The molecule has 2 rings (SSSR count). The Labute approximate surface area is 112 Å². The molecule has 1 unspecified atom stereocenters. The van der Waals surface area contributed by atoms with Crippen molar-refractivity contribution in [2.75, 3.05) is 19.5 Å². The number of rotatable bonds is 5. The number of para-hydroxylation sites is 1. The number of hydrogen-bond acceptors (Lipinski definition) is 4. The first-order valence-corrected chi connectivity index (χ1v) is 6.00. The second-order valence-corrected chi connectivity index (χ2v) is 4.13. The maximum atomic E-state index is 10.1. The zero-order valence-corrected chi connectivity index (χ0v) is 10.7. The van der Waals surface area contributed by atoms with Gasteiger partial charge in [0.05, 0.1) is 7.11 Å². The van der Waals surface area contributed by atoms with Gasteiger partial charge in [0.1, 0.15) is 24.2 Å². The summed E-state index contributed by atoms with van der Waals surface area (Å²) in [6.45, 7) is 0.140. The van der Waals surface area contributed by atoms with Crippen molar-refractivity contribution in [1.82, 2.24) is 0 Å². The predicted molar refractivity (Wildman–Crippen MR) is 74.3 cm³/mol. The normalized spacial score (nSPS) is 11.9. The average Bonchev–Trinajstić information content (AvgIpc) is 2.45. The van der Waals surface area contributed by atoms with Gasteiger partial charge in [-0.2, -0.15) is 0 Å². The first-order chi connectivity index (χ1) is 9.20. The van der Waals surface area contributed by atoms with E-state index in [-0.39, 0.29) is 6.61 Å². The minimum Gasteiger partial charge on any atom is -0.497 e. The molecule has 0 heterocycles. The zero-order valence-electron chi connectivity index (χ0n) is 10.7. The molecular formula is C15H17NO3. The smallest absolute Gasteiger partial charge is 0.123 e. The van der Waals surface area contributed by atoms with E-state index in [0.717, 1.165) is 0 Å². The number of benzene rings is 2. The van der Waals surface area contributed by atoms with Gasteiger partial charge in [0, 0.05) is 17.3 Å². The SMILES string of the molecule is COc1cccc(OCC(O)c2ccccc2N)c1. The van der Waals surface area contributed by atoms with E-state index in [0.29, 0.717) is 22.7 Å².